The van der Waals surface area contributed by atoms with E-state index >= 15 is 0 Å². The van der Waals surface area contributed by atoms with Gasteiger partial charge in [0.05, 0.1) is 18.4 Å². The van der Waals surface area contributed by atoms with E-state index in [1.807, 2.05) is 37.3 Å². The van der Waals surface area contributed by atoms with Crippen LogP contribution in [-0.2, 0) is 0 Å². The summed E-state index contributed by atoms with van der Waals surface area (Å²) in [5.74, 6) is -0.255. The summed E-state index contributed by atoms with van der Waals surface area (Å²) < 4.78 is 5.10. The molecule has 5 nitrogen and oxygen atoms in total. The highest BCUT2D eigenvalue weighted by molar-refractivity contribution is 6.08. The summed E-state index contributed by atoms with van der Waals surface area (Å²) in [6.45, 7) is 2.00. The Morgan fingerprint density at radius 2 is 1.85 bits per heavy atom. The van der Waals surface area contributed by atoms with Gasteiger partial charge in [0.2, 0.25) is 0 Å². The van der Waals surface area contributed by atoms with Gasteiger partial charge < -0.3 is 15.2 Å². The fourth-order valence-corrected chi connectivity index (χ4v) is 2.85. The number of aryl methyl sites for hydroxylation is 1. The highest BCUT2D eigenvalue weighted by Gasteiger charge is 2.15. The van der Waals surface area contributed by atoms with Crippen molar-refractivity contribution in [2.45, 2.75) is 6.92 Å². The topological polar surface area (TPSA) is 75.6 Å². The molecule has 0 bridgehead atoms. The minimum absolute atomic E-state index is 0.0625. The number of hydrogen-bond acceptors (Lipinski definition) is 4. The van der Waals surface area contributed by atoms with Crippen molar-refractivity contribution < 1.29 is 19.4 Å². The first-order chi connectivity index (χ1) is 13.0. The van der Waals surface area contributed by atoms with Crippen LogP contribution in [0.4, 0.5) is 5.69 Å². The monoisotopic (exact) mass is 361 g/mol. The predicted molar refractivity (Wildman–Crippen MR) is 105 cm³/mol. The largest absolute Gasteiger partial charge is 0.507 e. The summed E-state index contributed by atoms with van der Waals surface area (Å²) in [5.41, 5.74) is 3.76. The van der Waals surface area contributed by atoms with Crippen LogP contribution >= 0.6 is 0 Å². The lowest BCUT2D eigenvalue weighted by Gasteiger charge is -2.13. The number of carbonyl (C=O) groups is 2. The third kappa shape index (κ3) is 3.82. The number of aromatic hydroxyl groups is 1. The van der Waals surface area contributed by atoms with Crippen molar-refractivity contribution >= 4 is 17.9 Å². The van der Waals surface area contributed by atoms with Crippen molar-refractivity contribution in [3.05, 3.63) is 77.4 Å². The predicted octanol–water partition coefficient (Wildman–Crippen LogP) is 4.44. The number of carbonyl (C=O) groups excluding carboxylic acids is 2. The lowest BCUT2D eigenvalue weighted by molar-refractivity contribution is 0.102. The van der Waals surface area contributed by atoms with Gasteiger partial charge in [-0.1, -0.05) is 30.3 Å². The summed E-state index contributed by atoms with van der Waals surface area (Å²) >= 11 is 0. The number of methoxy groups -OCH3 is 1. The van der Waals surface area contributed by atoms with Gasteiger partial charge in [0.25, 0.3) is 5.91 Å². The maximum atomic E-state index is 12.6. The normalized spacial score (nSPS) is 10.3. The average molecular weight is 361 g/mol. The molecule has 0 heterocycles. The quantitative estimate of drug-likeness (QED) is 0.659. The molecule has 5 heteroatoms. The molecule has 2 N–H and O–H groups in total. The van der Waals surface area contributed by atoms with Crippen LogP contribution in [-0.4, -0.2) is 24.4 Å². The molecule has 0 aromatic heterocycles. The third-order valence-electron chi connectivity index (χ3n) is 4.33. The molecule has 0 aliphatic carbocycles. The molecule has 0 saturated carbocycles. The van der Waals surface area contributed by atoms with Gasteiger partial charge in [-0.3, -0.25) is 9.59 Å². The van der Waals surface area contributed by atoms with E-state index in [9.17, 15) is 14.7 Å². The molecular weight excluding hydrogens is 342 g/mol. The highest BCUT2D eigenvalue weighted by atomic mass is 16.5. The van der Waals surface area contributed by atoms with Crippen molar-refractivity contribution in [2.24, 2.45) is 0 Å². The number of benzene rings is 3. The number of phenolic OH excluding ortho intramolecular Hbond substituents is 1. The lowest BCUT2D eigenvalue weighted by atomic mass is 9.98. The van der Waals surface area contributed by atoms with Crippen LogP contribution in [0.5, 0.6) is 11.5 Å². The minimum Gasteiger partial charge on any atom is -0.507 e. The zero-order valence-electron chi connectivity index (χ0n) is 15.0. The molecule has 0 saturated heterocycles. The molecule has 0 radical (unpaired) electrons. The second kappa shape index (κ2) is 7.74. The third-order valence-corrected chi connectivity index (χ3v) is 4.33. The Morgan fingerprint density at radius 3 is 2.56 bits per heavy atom. The molecular formula is C22H19NO4. The molecule has 0 spiro atoms. The Balaban J connectivity index is 1.99. The number of aldehydes is 1. The molecule has 1 amide bonds. The van der Waals surface area contributed by atoms with Crippen LogP contribution in [0, 0.1) is 6.92 Å². The van der Waals surface area contributed by atoms with Crippen molar-refractivity contribution in [2.75, 3.05) is 12.4 Å². The molecule has 0 fully saturated rings. The van der Waals surface area contributed by atoms with Crippen molar-refractivity contribution in [3.63, 3.8) is 0 Å². The Kier molecular flexibility index (Phi) is 5.22. The first kappa shape index (κ1) is 18.2. The van der Waals surface area contributed by atoms with Gasteiger partial charge in [-0.05, 0) is 53.9 Å². The number of rotatable bonds is 5. The molecule has 0 aliphatic rings. The van der Waals surface area contributed by atoms with Crippen molar-refractivity contribution in [3.8, 4) is 22.6 Å². The van der Waals surface area contributed by atoms with Crippen molar-refractivity contribution in [1.29, 1.82) is 0 Å². The van der Waals surface area contributed by atoms with Gasteiger partial charge in [-0.2, -0.15) is 0 Å². The summed E-state index contributed by atoms with van der Waals surface area (Å²) in [5, 5.41) is 12.7. The van der Waals surface area contributed by atoms with E-state index in [1.165, 1.54) is 19.2 Å². The smallest absolute Gasteiger partial charge is 0.259 e. The summed E-state index contributed by atoms with van der Waals surface area (Å²) in [6, 6.07) is 17.5. The molecule has 3 rings (SSSR count). The summed E-state index contributed by atoms with van der Waals surface area (Å²) in [7, 11) is 1.48. The Hall–Kier alpha value is -3.60. The van der Waals surface area contributed by atoms with E-state index < -0.39 is 5.91 Å². The average Bonchev–Trinajstić information content (AvgIpc) is 2.68. The van der Waals surface area contributed by atoms with E-state index in [2.05, 4.69) is 5.32 Å². The summed E-state index contributed by atoms with van der Waals surface area (Å²) in [4.78, 5) is 24.1. The van der Waals surface area contributed by atoms with E-state index in [-0.39, 0.29) is 11.3 Å². The fourth-order valence-electron chi connectivity index (χ4n) is 2.85. The van der Waals surface area contributed by atoms with Gasteiger partial charge in [-0.15, -0.1) is 0 Å². The van der Waals surface area contributed by atoms with Crippen molar-refractivity contribution in [1.82, 2.24) is 0 Å². The van der Waals surface area contributed by atoms with Gasteiger partial charge in [0.15, 0.2) is 6.29 Å². The summed E-state index contributed by atoms with van der Waals surface area (Å²) in [6.07, 6.45) is 0.683. The van der Waals surface area contributed by atoms with Gasteiger partial charge >= 0.3 is 0 Å². The highest BCUT2D eigenvalue weighted by Crippen LogP contribution is 2.29. The Labute approximate surface area is 157 Å². The van der Waals surface area contributed by atoms with Crippen LogP contribution in [0.1, 0.15) is 26.3 Å². The van der Waals surface area contributed by atoms with E-state index in [4.69, 9.17) is 4.74 Å². The maximum absolute atomic E-state index is 12.6. The Bertz CT molecular complexity index is 1010. The zero-order valence-corrected chi connectivity index (χ0v) is 15.0. The molecule has 3 aromatic rings. The molecule has 0 unspecified atom stereocenters. The second-order valence-corrected chi connectivity index (χ2v) is 6.07. The minimum atomic E-state index is -0.531. The van der Waals surface area contributed by atoms with Gasteiger partial charge in [0.1, 0.15) is 11.5 Å². The number of hydrogen-bond donors (Lipinski definition) is 2. The standard InChI is InChI=1S/C22H19NO4/c1-14-5-3-4-6-18(14)15-7-8-16(13-24)20(11-15)23-22(26)19-12-17(27-2)9-10-21(19)25/h3-13,25H,1-2H3,(H,23,26). The number of ether oxygens (including phenoxy) is 1. The Morgan fingerprint density at radius 1 is 1.07 bits per heavy atom. The van der Waals surface area contributed by atoms with Gasteiger partial charge in [0, 0.05) is 5.56 Å². The van der Waals surface area contributed by atoms with Crippen LogP contribution in [0.2, 0.25) is 0 Å². The van der Waals surface area contributed by atoms with Gasteiger partial charge in [-0.25, -0.2) is 0 Å². The molecule has 0 atom stereocenters. The maximum Gasteiger partial charge on any atom is 0.259 e. The van der Waals surface area contributed by atoms with Crippen LogP contribution in [0.15, 0.2) is 60.7 Å². The number of amides is 1. The van der Waals surface area contributed by atoms with E-state index in [0.29, 0.717) is 23.3 Å². The van der Waals surface area contributed by atoms with E-state index in [0.717, 1.165) is 16.7 Å². The first-order valence-electron chi connectivity index (χ1n) is 8.37. The van der Waals surface area contributed by atoms with Crippen LogP contribution in [0.3, 0.4) is 0 Å². The number of nitrogens with one attached hydrogen (secondary N) is 1. The zero-order chi connectivity index (χ0) is 19.4. The number of phenols is 1. The fraction of sp³-hybridized carbons (Fsp3) is 0.0909. The SMILES string of the molecule is COc1ccc(O)c(C(=O)Nc2cc(-c3ccccc3C)ccc2C=O)c1. The molecule has 27 heavy (non-hydrogen) atoms. The van der Waals surface area contributed by atoms with Crippen LogP contribution in [0.25, 0.3) is 11.1 Å². The molecule has 3 aromatic carbocycles. The lowest BCUT2D eigenvalue weighted by Crippen LogP contribution is -2.13. The first-order valence-corrected chi connectivity index (χ1v) is 8.37. The van der Waals surface area contributed by atoms with Crippen LogP contribution < -0.4 is 10.1 Å². The molecule has 136 valence electrons. The van der Waals surface area contributed by atoms with E-state index in [1.54, 1.807) is 18.2 Å². The molecule has 0 aliphatic heterocycles. The number of anilines is 1. The second-order valence-electron chi connectivity index (χ2n) is 6.07.